The molecule has 2 heteroatoms. The maximum Gasteiger partial charge on any atom is 0.136 e. The summed E-state index contributed by atoms with van der Waals surface area (Å²) in [5, 5.41) is 0. The number of hydrogen-bond acceptors (Lipinski definition) is 2. The molecule has 0 aromatic heterocycles. The number of carbonyl (C=O) groups excluding carboxylic acids is 1. The molecule has 2 atom stereocenters. The van der Waals surface area contributed by atoms with Crippen molar-refractivity contribution in [2.75, 3.05) is 6.54 Å². The van der Waals surface area contributed by atoms with Crippen molar-refractivity contribution in [3.05, 3.63) is 0 Å². The van der Waals surface area contributed by atoms with Crippen molar-refractivity contribution in [2.45, 2.75) is 57.0 Å². The molecule has 2 aliphatic heterocycles. The second-order valence-electron chi connectivity index (χ2n) is 5.33. The minimum absolute atomic E-state index is 0.520. The highest BCUT2D eigenvalue weighted by atomic mass is 16.1. The fraction of sp³-hybridized carbons (Fsp3) is 0.917. The van der Waals surface area contributed by atoms with Crippen LogP contribution in [0.1, 0.15) is 44.9 Å². The summed E-state index contributed by atoms with van der Waals surface area (Å²) in [6, 6.07) is 1.24. The van der Waals surface area contributed by atoms with Gasteiger partial charge >= 0.3 is 0 Å². The van der Waals surface area contributed by atoms with Crippen LogP contribution in [-0.2, 0) is 4.79 Å². The van der Waals surface area contributed by atoms with Gasteiger partial charge in [-0.15, -0.1) is 0 Å². The average Bonchev–Trinajstić information content (AvgIpc) is 2.90. The predicted molar refractivity (Wildman–Crippen MR) is 55.1 cm³/mol. The summed E-state index contributed by atoms with van der Waals surface area (Å²) < 4.78 is 0. The first-order chi connectivity index (χ1) is 6.83. The first-order valence-electron chi connectivity index (χ1n) is 6.10. The third-order valence-electron chi connectivity index (χ3n) is 4.11. The lowest BCUT2D eigenvalue weighted by molar-refractivity contribution is -0.127. The summed E-state index contributed by atoms with van der Waals surface area (Å²) in [5.74, 6) is 1.50. The van der Waals surface area contributed by atoms with Crippen LogP contribution >= 0.6 is 0 Å². The molecule has 0 spiro atoms. The van der Waals surface area contributed by atoms with Crippen LogP contribution in [0, 0.1) is 5.92 Å². The Morgan fingerprint density at radius 2 is 1.71 bits per heavy atom. The number of ketones is 1. The fourth-order valence-electron chi connectivity index (χ4n) is 3.16. The monoisotopic (exact) mass is 193 g/mol. The lowest BCUT2D eigenvalue weighted by Gasteiger charge is -2.45. The van der Waals surface area contributed by atoms with Crippen LogP contribution in [0.15, 0.2) is 0 Å². The van der Waals surface area contributed by atoms with E-state index in [1.165, 1.54) is 38.6 Å². The molecule has 0 radical (unpaired) electrons. The van der Waals surface area contributed by atoms with Crippen LogP contribution in [0.4, 0.5) is 0 Å². The smallest absolute Gasteiger partial charge is 0.136 e. The van der Waals surface area contributed by atoms with Gasteiger partial charge in [0, 0.05) is 31.5 Å². The number of fused-ring (bicyclic) bond motifs is 2. The molecule has 0 amide bonds. The van der Waals surface area contributed by atoms with Gasteiger partial charge in [0.05, 0.1) is 0 Å². The van der Waals surface area contributed by atoms with E-state index in [-0.39, 0.29) is 0 Å². The highest BCUT2D eigenvalue weighted by molar-refractivity contribution is 5.80. The Labute approximate surface area is 85.7 Å². The van der Waals surface area contributed by atoms with Crippen molar-refractivity contribution >= 4 is 5.78 Å². The predicted octanol–water partition coefficient (Wildman–Crippen LogP) is 1.98. The van der Waals surface area contributed by atoms with Gasteiger partial charge in [-0.05, 0) is 31.6 Å². The highest BCUT2D eigenvalue weighted by Gasteiger charge is 2.39. The topological polar surface area (TPSA) is 20.3 Å². The Morgan fingerprint density at radius 1 is 1.07 bits per heavy atom. The van der Waals surface area contributed by atoms with E-state index in [0.29, 0.717) is 17.9 Å². The Bertz CT molecular complexity index is 231. The van der Waals surface area contributed by atoms with Crippen LogP contribution in [-0.4, -0.2) is 29.3 Å². The molecule has 2 bridgehead atoms. The van der Waals surface area contributed by atoms with E-state index >= 15 is 0 Å². The summed E-state index contributed by atoms with van der Waals surface area (Å²) in [5.41, 5.74) is 0. The summed E-state index contributed by atoms with van der Waals surface area (Å²) in [6.07, 6.45) is 8.47. The normalized spacial score (nSPS) is 38.7. The fourth-order valence-corrected chi connectivity index (χ4v) is 3.16. The number of carbonyl (C=O) groups is 1. The third-order valence-corrected chi connectivity index (χ3v) is 4.11. The molecule has 2 nitrogen and oxygen atoms in total. The Hall–Kier alpha value is -0.370. The number of hydrogen-bond donors (Lipinski definition) is 0. The maximum absolute atomic E-state index is 11.5. The van der Waals surface area contributed by atoms with Crippen molar-refractivity contribution in [1.82, 2.24) is 4.90 Å². The minimum Gasteiger partial charge on any atom is -0.300 e. The number of nitrogens with zero attached hydrogens (tertiary/aromatic N) is 1. The van der Waals surface area contributed by atoms with Gasteiger partial charge < -0.3 is 0 Å². The van der Waals surface area contributed by atoms with Gasteiger partial charge in [0.1, 0.15) is 5.78 Å². The van der Waals surface area contributed by atoms with E-state index in [1.54, 1.807) is 0 Å². The molecule has 3 aliphatic rings. The highest BCUT2D eigenvalue weighted by Crippen LogP contribution is 2.37. The van der Waals surface area contributed by atoms with E-state index in [4.69, 9.17) is 0 Å². The van der Waals surface area contributed by atoms with Gasteiger partial charge in [-0.25, -0.2) is 0 Å². The lowest BCUT2D eigenvalue weighted by Crippen LogP contribution is -2.52. The zero-order valence-electron chi connectivity index (χ0n) is 8.74. The molecule has 0 unspecified atom stereocenters. The molecule has 3 fully saturated rings. The van der Waals surface area contributed by atoms with Crippen LogP contribution in [0.5, 0.6) is 0 Å². The molecule has 3 rings (SSSR count). The second-order valence-corrected chi connectivity index (χ2v) is 5.33. The Balaban J connectivity index is 1.71. The van der Waals surface area contributed by atoms with Crippen molar-refractivity contribution in [3.8, 4) is 0 Å². The van der Waals surface area contributed by atoms with Crippen molar-refractivity contribution in [2.24, 2.45) is 5.92 Å². The van der Waals surface area contributed by atoms with Gasteiger partial charge in [-0.3, -0.25) is 9.69 Å². The Kier molecular flexibility index (Phi) is 2.12. The Morgan fingerprint density at radius 3 is 2.29 bits per heavy atom. The van der Waals surface area contributed by atoms with Crippen LogP contribution in [0.2, 0.25) is 0 Å². The molecule has 0 aromatic rings. The van der Waals surface area contributed by atoms with Crippen molar-refractivity contribution in [3.63, 3.8) is 0 Å². The minimum atomic E-state index is 0.520. The van der Waals surface area contributed by atoms with E-state index in [2.05, 4.69) is 4.90 Å². The van der Waals surface area contributed by atoms with E-state index in [1.807, 2.05) is 0 Å². The third kappa shape index (κ3) is 1.60. The first kappa shape index (κ1) is 8.90. The molecule has 0 aromatic carbocycles. The zero-order chi connectivity index (χ0) is 9.54. The summed E-state index contributed by atoms with van der Waals surface area (Å²) >= 11 is 0. The van der Waals surface area contributed by atoms with Gasteiger partial charge in [0.2, 0.25) is 0 Å². The van der Waals surface area contributed by atoms with E-state index in [0.717, 1.165) is 18.8 Å². The van der Waals surface area contributed by atoms with Crippen LogP contribution < -0.4 is 0 Å². The number of piperidine rings is 2. The largest absolute Gasteiger partial charge is 0.300 e. The van der Waals surface area contributed by atoms with Gasteiger partial charge in [0.15, 0.2) is 0 Å². The summed E-state index contributed by atoms with van der Waals surface area (Å²) in [4.78, 5) is 14.2. The zero-order valence-corrected chi connectivity index (χ0v) is 8.74. The molecule has 1 saturated carbocycles. The summed E-state index contributed by atoms with van der Waals surface area (Å²) in [6.45, 7) is 1.29. The molecule has 2 saturated heterocycles. The van der Waals surface area contributed by atoms with E-state index < -0.39 is 0 Å². The average molecular weight is 193 g/mol. The number of Topliss-reactive ketones (excluding diaryl/α,β-unsaturated/α-hetero) is 1. The maximum atomic E-state index is 11.5. The first-order valence-corrected chi connectivity index (χ1v) is 6.10. The molecule has 78 valence electrons. The van der Waals surface area contributed by atoms with E-state index in [9.17, 15) is 4.79 Å². The number of rotatable bonds is 2. The lowest BCUT2D eigenvalue weighted by atomic mass is 9.83. The molecule has 1 aliphatic carbocycles. The molecular formula is C12H19NO. The van der Waals surface area contributed by atoms with Crippen molar-refractivity contribution in [1.29, 1.82) is 0 Å². The van der Waals surface area contributed by atoms with Gasteiger partial charge in [-0.1, -0.05) is 6.42 Å². The van der Waals surface area contributed by atoms with Crippen molar-refractivity contribution < 1.29 is 4.79 Å². The summed E-state index contributed by atoms with van der Waals surface area (Å²) in [7, 11) is 0. The van der Waals surface area contributed by atoms with Gasteiger partial charge in [0.25, 0.3) is 0 Å². The van der Waals surface area contributed by atoms with Gasteiger partial charge in [-0.2, -0.15) is 0 Å². The molecule has 14 heavy (non-hydrogen) atoms. The quantitative estimate of drug-likeness (QED) is 0.668. The standard InChI is InChI=1S/C12H19NO/c14-12-6-10-2-1-3-11(7-12)13(10)8-9-4-5-9/h9-11H,1-8H2/t10-,11+. The molecule has 2 heterocycles. The van der Waals surface area contributed by atoms with Crippen LogP contribution in [0.3, 0.4) is 0 Å². The SMILES string of the molecule is O=C1C[C@H]2CCC[C@@H](C1)N2CC1CC1. The second kappa shape index (κ2) is 3.34. The molecule has 0 N–H and O–H groups in total. The van der Waals surface area contributed by atoms with Crippen LogP contribution in [0.25, 0.3) is 0 Å². The molecular weight excluding hydrogens is 174 g/mol.